The predicted octanol–water partition coefficient (Wildman–Crippen LogP) is 4.61. The molecule has 140 valence electrons. The zero-order valence-electron chi connectivity index (χ0n) is 15.7. The molecule has 2 saturated heterocycles. The summed E-state index contributed by atoms with van der Waals surface area (Å²) >= 11 is 7.32. The molecule has 2 aliphatic rings. The first kappa shape index (κ1) is 20.9. The highest BCUT2D eigenvalue weighted by atomic mass is 79.9. The van der Waals surface area contributed by atoms with Crippen LogP contribution in [0.15, 0.2) is 0 Å². The lowest BCUT2D eigenvalue weighted by Gasteiger charge is -2.47. The van der Waals surface area contributed by atoms with Gasteiger partial charge in [-0.05, 0) is 53.4 Å². The molecule has 0 aliphatic carbocycles. The van der Waals surface area contributed by atoms with E-state index in [1.54, 1.807) is 0 Å². The normalized spacial score (nSPS) is 35.6. The van der Waals surface area contributed by atoms with Crippen LogP contribution in [0.5, 0.6) is 0 Å². The number of likely N-dealkylation sites (tertiary alicyclic amines) is 2. The van der Waals surface area contributed by atoms with Crippen LogP contribution in [0.4, 0.5) is 0 Å². The van der Waals surface area contributed by atoms with Crippen molar-refractivity contribution in [3.8, 4) is 0 Å². The largest absolute Gasteiger partial charge is 0.296 e. The molecule has 0 bridgehead atoms. The number of piperidine rings is 2. The first-order valence-electron chi connectivity index (χ1n) is 9.62. The number of nitrogens with zero attached hydrogens (tertiary/aromatic N) is 2. The lowest BCUT2D eigenvalue weighted by molar-refractivity contribution is -0.133. The minimum Gasteiger partial charge on any atom is -0.296 e. The Kier molecular flexibility index (Phi) is 8.23. The number of carbonyl (C=O) groups is 1. The smallest absolute Gasteiger partial charge is 0.168 e. The lowest BCUT2D eigenvalue weighted by atomic mass is 9.90. The molecule has 2 aliphatic heterocycles. The summed E-state index contributed by atoms with van der Waals surface area (Å²) < 4.78 is 0. The second-order valence-corrected chi connectivity index (χ2v) is 9.19. The van der Waals surface area contributed by atoms with Crippen molar-refractivity contribution in [2.45, 2.75) is 102 Å². The van der Waals surface area contributed by atoms with E-state index in [1.165, 1.54) is 38.5 Å². The van der Waals surface area contributed by atoms with Gasteiger partial charge in [0.1, 0.15) is 0 Å². The predicted molar refractivity (Wildman–Crippen MR) is 109 cm³/mol. The van der Waals surface area contributed by atoms with E-state index < -0.39 is 0 Å². The van der Waals surface area contributed by atoms with Crippen molar-refractivity contribution in [1.29, 1.82) is 0 Å². The Morgan fingerprint density at radius 3 is 1.33 bits per heavy atom. The molecule has 2 fully saturated rings. The molecule has 0 aromatic heterocycles. The maximum Gasteiger partial charge on any atom is 0.168 e. The highest BCUT2D eigenvalue weighted by Crippen LogP contribution is 2.30. The fourth-order valence-electron chi connectivity index (χ4n) is 4.94. The fraction of sp³-hybridized carbons (Fsp3) is 0.947. The number of Topliss-reactive ketones (excluding diaryl/α,β-unsaturated/α-hetero) is 1. The Balaban J connectivity index is 2.21. The molecule has 0 aromatic carbocycles. The number of carbonyl (C=O) groups excluding carboxylic acids is 1. The first-order chi connectivity index (χ1) is 11.4. The quantitative estimate of drug-likeness (QED) is 0.535. The summed E-state index contributed by atoms with van der Waals surface area (Å²) in [5.41, 5.74) is 0. The minimum atomic E-state index is -0.0147. The molecule has 2 rings (SSSR count). The highest BCUT2D eigenvalue weighted by Gasteiger charge is 2.41. The van der Waals surface area contributed by atoms with Gasteiger partial charge in [0, 0.05) is 34.8 Å². The Bertz CT molecular complexity index is 364. The number of halogens is 2. The number of hydrogen-bond donors (Lipinski definition) is 0. The van der Waals surface area contributed by atoms with Gasteiger partial charge in [-0.3, -0.25) is 14.6 Å². The van der Waals surface area contributed by atoms with Crippen LogP contribution in [0.25, 0.3) is 0 Å². The molecule has 6 atom stereocenters. The highest BCUT2D eigenvalue weighted by molar-refractivity contribution is 9.09. The van der Waals surface area contributed by atoms with Gasteiger partial charge in [-0.2, -0.15) is 0 Å². The molecule has 0 amide bonds. The Morgan fingerprint density at radius 1 is 0.792 bits per heavy atom. The molecule has 5 heteroatoms. The molecule has 0 radical (unpaired) electrons. The molecule has 6 unspecified atom stereocenters. The molecular formula is C19H34Br2N2O. The first-order valence-corrected chi connectivity index (χ1v) is 11.9. The van der Waals surface area contributed by atoms with Crippen molar-refractivity contribution < 1.29 is 4.79 Å². The van der Waals surface area contributed by atoms with Crippen LogP contribution >= 0.6 is 31.9 Å². The molecule has 3 nitrogen and oxygen atoms in total. The summed E-state index contributed by atoms with van der Waals surface area (Å²) in [6, 6.07) is 1.94. The van der Waals surface area contributed by atoms with Crippen LogP contribution < -0.4 is 0 Å². The average molecular weight is 466 g/mol. The lowest BCUT2D eigenvalue weighted by Crippen LogP contribution is -2.61. The van der Waals surface area contributed by atoms with E-state index in [9.17, 15) is 4.79 Å². The summed E-state index contributed by atoms with van der Waals surface area (Å²) in [6.45, 7) is 9.14. The number of ketones is 1. The van der Waals surface area contributed by atoms with Gasteiger partial charge < -0.3 is 0 Å². The topological polar surface area (TPSA) is 23.6 Å². The number of rotatable bonds is 6. The van der Waals surface area contributed by atoms with E-state index in [2.05, 4.69) is 69.4 Å². The third kappa shape index (κ3) is 4.44. The van der Waals surface area contributed by atoms with Gasteiger partial charge in [0.25, 0.3) is 0 Å². The molecule has 0 saturated carbocycles. The van der Waals surface area contributed by atoms with E-state index in [0.717, 1.165) is 10.7 Å². The zero-order chi connectivity index (χ0) is 17.9. The minimum absolute atomic E-state index is 0.0147. The van der Waals surface area contributed by atoms with Crippen molar-refractivity contribution in [2.24, 2.45) is 0 Å². The summed E-state index contributed by atoms with van der Waals surface area (Å²) in [4.78, 5) is 18.5. The Hall–Kier alpha value is 0.550. The van der Waals surface area contributed by atoms with Crippen LogP contribution in [0.1, 0.15) is 66.2 Å². The third-order valence-corrected chi connectivity index (χ3v) is 7.42. The SMILES string of the molecule is CC1CCCC(C)N1C(CBr)C(=O)C(CBr)N1C(C)CCCC1C. The second-order valence-electron chi connectivity index (χ2n) is 7.89. The van der Waals surface area contributed by atoms with Crippen molar-refractivity contribution in [3.63, 3.8) is 0 Å². The van der Waals surface area contributed by atoms with Crippen LogP contribution in [0.3, 0.4) is 0 Å². The van der Waals surface area contributed by atoms with Gasteiger partial charge in [-0.25, -0.2) is 0 Å². The van der Waals surface area contributed by atoms with Crippen LogP contribution in [0.2, 0.25) is 0 Å². The van der Waals surface area contributed by atoms with Gasteiger partial charge in [-0.15, -0.1) is 0 Å². The average Bonchev–Trinajstić information content (AvgIpc) is 2.54. The van der Waals surface area contributed by atoms with Crippen LogP contribution in [0, 0.1) is 0 Å². The van der Waals surface area contributed by atoms with Crippen molar-refractivity contribution in [2.75, 3.05) is 10.7 Å². The van der Waals surface area contributed by atoms with Gasteiger partial charge in [0.2, 0.25) is 0 Å². The molecule has 24 heavy (non-hydrogen) atoms. The second kappa shape index (κ2) is 9.48. The maximum atomic E-state index is 13.5. The summed E-state index contributed by atoms with van der Waals surface area (Å²) in [5, 5.41) is 1.47. The Labute approximate surface area is 165 Å². The van der Waals surface area contributed by atoms with Gasteiger partial charge >= 0.3 is 0 Å². The molecule has 2 heterocycles. The van der Waals surface area contributed by atoms with Gasteiger partial charge in [0.15, 0.2) is 5.78 Å². The fourth-order valence-corrected chi connectivity index (χ4v) is 6.25. The van der Waals surface area contributed by atoms with Crippen molar-refractivity contribution in [1.82, 2.24) is 9.80 Å². The van der Waals surface area contributed by atoms with E-state index in [-0.39, 0.29) is 12.1 Å². The molecule has 0 spiro atoms. The standard InChI is InChI=1S/C19H34Br2N2O/c1-13-7-5-8-14(2)22(13)17(11-20)19(24)18(12-21)23-15(3)9-6-10-16(23)4/h13-18H,5-12H2,1-4H3. The zero-order valence-corrected chi connectivity index (χ0v) is 18.9. The van der Waals surface area contributed by atoms with Crippen molar-refractivity contribution >= 4 is 37.6 Å². The molecule has 0 aromatic rings. The maximum absolute atomic E-state index is 13.5. The van der Waals surface area contributed by atoms with Crippen molar-refractivity contribution in [3.05, 3.63) is 0 Å². The van der Waals surface area contributed by atoms with E-state index in [4.69, 9.17) is 0 Å². The van der Waals surface area contributed by atoms with E-state index in [1.807, 2.05) is 0 Å². The summed E-state index contributed by atoms with van der Waals surface area (Å²) in [7, 11) is 0. The Morgan fingerprint density at radius 2 is 1.08 bits per heavy atom. The number of hydrogen-bond acceptors (Lipinski definition) is 3. The summed E-state index contributed by atoms with van der Waals surface area (Å²) in [5.74, 6) is 0.393. The van der Waals surface area contributed by atoms with Crippen LogP contribution in [-0.2, 0) is 4.79 Å². The van der Waals surface area contributed by atoms with E-state index in [0.29, 0.717) is 30.0 Å². The van der Waals surface area contributed by atoms with Gasteiger partial charge in [0.05, 0.1) is 12.1 Å². The summed E-state index contributed by atoms with van der Waals surface area (Å²) in [6.07, 6.45) is 7.38. The van der Waals surface area contributed by atoms with E-state index >= 15 is 0 Å². The van der Waals surface area contributed by atoms with Gasteiger partial charge in [-0.1, -0.05) is 44.7 Å². The monoisotopic (exact) mass is 464 g/mol. The molecule has 0 N–H and O–H groups in total. The number of alkyl halides is 2. The molecular weight excluding hydrogens is 432 g/mol. The third-order valence-electron chi connectivity index (χ3n) is 6.19. The van der Waals surface area contributed by atoms with Crippen LogP contribution in [-0.4, -0.2) is 62.5 Å².